The zero-order valence-electron chi connectivity index (χ0n) is 19.1. The average Bonchev–Trinajstić information content (AvgIpc) is 3.30. The number of rotatable bonds is 7. The van der Waals surface area contributed by atoms with Crippen molar-refractivity contribution < 1.29 is 0 Å². The molecule has 0 atom stereocenters. The Bertz CT molecular complexity index is 1030. The average molecular weight is 427 g/mol. The third-order valence-electron chi connectivity index (χ3n) is 7.09. The van der Waals surface area contributed by atoms with Crippen molar-refractivity contribution in [3.05, 3.63) is 82.5 Å². The van der Waals surface area contributed by atoms with Crippen LogP contribution < -0.4 is 10.2 Å². The van der Waals surface area contributed by atoms with Crippen molar-refractivity contribution in [2.75, 3.05) is 37.6 Å². The fraction of sp³-hybridized carbons (Fsp3) is 0.429. The summed E-state index contributed by atoms with van der Waals surface area (Å²) in [5, 5.41) is 3.62. The molecule has 0 amide bonds. The number of benzene rings is 1. The van der Waals surface area contributed by atoms with Crippen LogP contribution >= 0.6 is 0 Å². The Morgan fingerprint density at radius 2 is 1.72 bits per heavy atom. The minimum absolute atomic E-state index is 0.802. The molecule has 1 aromatic carbocycles. The zero-order valence-corrected chi connectivity index (χ0v) is 19.1. The molecule has 4 nitrogen and oxygen atoms in total. The maximum absolute atomic E-state index is 4.12. The summed E-state index contributed by atoms with van der Waals surface area (Å²) in [5.74, 6) is 0. The summed E-state index contributed by atoms with van der Waals surface area (Å²) in [7, 11) is 0. The van der Waals surface area contributed by atoms with Crippen molar-refractivity contribution in [2.45, 2.75) is 45.1 Å². The summed E-state index contributed by atoms with van der Waals surface area (Å²) in [4.78, 5) is 9.23. The number of hydrogen-bond donors (Lipinski definition) is 1. The number of hydrogen-bond acceptors (Lipinski definition) is 4. The predicted molar refractivity (Wildman–Crippen MR) is 133 cm³/mol. The molecular weight excluding hydrogens is 392 g/mol. The van der Waals surface area contributed by atoms with E-state index in [2.05, 4.69) is 62.8 Å². The standard InChI is InChI=1S/C28H34N4/c1-2-27-26(21-30-20-22-9-11-29-12-10-22)18-25-17-23-7-6-8-24(23)19-28(25)32(27)16-15-31-13-4-3-5-14-31/h9-12,17-19,30H,1,3-8,13-16,20-21H2. The third-order valence-corrected chi connectivity index (χ3v) is 7.09. The smallest absolute Gasteiger partial charge is 0.0884 e. The first-order valence-corrected chi connectivity index (χ1v) is 12.2. The van der Waals surface area contributed by atoms with Gasteiger partial charge in [-0.05, 0) is 103 Å². The van der Waals surface area contributed by atoms with Gasteiger partial charge in [0.25, 0.3) is 0 Å². The van der Waals surface area contributed by atoms with E-state index < -0.39 is 0 Å². The normalized spacial score (nSPS) is 18.2. The zero-order chi connectivity index (χ0) is 21.8. The quantitative estimate of drug-likeness (QED) is 0.649. The highest BCUT2D eigenvalue weighted by atomic mass is 15.2. The molecule has 166 valence electrons. The Morgan fingerprint density at radius 1 is 0.938 bits per heavy atom. The van der Waals surface area contributed by atoms with E-state index in [1.54, 1.807) is 0 Å². The van der Waals surface area contributed by atoms with Gasteiger partial charge in [0.1, 0.15) is 0 Å². The Morgan fingerprint density at radius 3 is 2.50 bits per heavy atom. The first kappa shape index (κ1) is 21.2. The van der Waals surface area contributed by atoms with Crippen LogP contribution in [0.5, 0.6) is 0 Å². The van der Waals surface area contributed by atoms with Crippen molar-refractivity contribution in [1.29, 1.82) is 0 Å². The SMILES string of the molecule is C=C=C1C(CNCc2ccncc2)=Cc2cc3c(cc2N1CCN1CCCCC1)CCC3. The van der Waals surface area contributed by atoms with Crippen molar-refractivity contribution in [3.8, 4) is 0 Å². The van der Waals surface area contributed by atoms with Crippen LogP contribution in [0.2, 0.25) is 0 Å². The molecule has 3 aliphatic rings. The van der Waals surface area contributed by atoms with Gasteiger partial charge in [-0.15, -0.1) is 5.73 Å². The first-order chi connectivity index (χ1) is 15.8. The molecule has 0 unspecified atom stereocenters. The number of nitrogens with one attached hydrogen (secondary N) is 1. The maximum atomic E-state index is 4.12. The van der Waals surface area contributed by atoms with Gasteiger partial charge in [-0.25, -0.2) is 0 Å². The van der Waals surface area contributed by atoms with Gasteiger partial charge in [0.05, 0.1) is 5.70 Å². The fourth-order valence-corrected chi connectivity index (χ4v) is 5.37. The maximum Gasteiger partial charge on any atom is 0.0884 e. The molecule has 3 heterocycles. The molecule has 32 heavy (non-hydrogen) atoms. The molecule has 1 aliphatic carbocycles. The van der Waals surface area contributed by atoms with E-state index in [-0.39, 0.29) is 0 Å². The summed E-state index contributed by atoms with van der Waals surface area (Å²) in [5.41, 5.74) is 12.7. The van der Waals surface area contributed by atoms with E-state index in [9.17, 15) is 0 Å². The lowest BCUT2D eigenvalue weighted by molar-refractivity contribution is 0.234. The second-order valence-corrected chi connectivity index (χ2v) is 9.24. The molecule has 2 aromatic rings. The Labute approximate surface area is 192 Å². The van der Waals surface area contributed by atoms with Crippen LogP contribution in [0.15, 0.2) is 60.2 Å². The number of fused-ring (bicyclic) bond motifs is 2. The molecule has 0 saturated carbocycles. The molecule has 1 fully saturated rings. The topological polar surface area (TPSA) is 31.4 Å². The van der Waals surface area contributed by atoms with Gasteiger partial charge in [-0.3, -0.25) is 4.98 Å². The van der Waals surface area contributed by atoms with Crippen molar-refractivity contribution in [3.63, 3.8) is 0 Å². The Hall–Kier alpha value is -2.65. The molecule has 0 spiro atoms. The molecule has 2 aliphatic heterocycles. The largest absolute Gasteiger partial charge is 0.333 e. The summed E-state index contributed by atoms with van der Waals surface area (Å²) in [6.45, 7) is 10.3. The van der Waals surface area contributed by atoms with E-state index >= 15 is 0 Å². The van der Waals surface area contributed by atoms with E-state index in [1.165, 1.54) is 85.1 Å². The minimum Gasteiger partial charge on any atom is -0.333 e. The Balaban J connectivity index is 1.39. The number of aryl methyl sites for hydroxylation is 2. The van der Waals surface area contributed by atoms with Crippen LogP contribution in [0.4, 0.5) is 5.69 Å². The number of aromatic nitrogens is 1. The van der Waals surface area contributed by atoms with Crippen molar-refractivity contribution >= 4 is 11.8 Å². The number of piperidine rings is 1. The van der Waals surface area contributed by atoms with Crippen molar-refractivity contribution in [2.24, 2.45) is 0 Å². The van der Waals surface area contributed by atoms with E-state index in [4.69, 9.17) is 0 Å². The van der Waals surface area contributed by atoms with Crippen LogP contribution in [0.25, 0.3) is 6.08 Å². The molecular formula is C28H34N4. The van der Waals surface area contributed by atoms with Crippen LogP contribution in [0.3, 0.4) is 0 Å². The van der Waals surface area contributed by atoms with Gasteiger partial charge >= 0.3 is 0 Å². The summed E-state index contributed by atoms with van der Waals surface area (Å²) in [6, 6.07) is 9.02. The summed E-state index contributed by atoms with van der Waals surface area (Å²) in [6.07, 6.45) is 13.8. The minimum atomic E-state index is 0.802. The summed E-state index contributed by atoms with van der Waals surface area (Å²) >= 11 is 0. The van der Waals surface area contributed by atoms with Gasteiger partial charge < -0.3 is 15.1 Å². The highest BCUT2D eigenvalue weighted by Crippen LogP contribution is 2.38. The molecule has 1 aromatic heterocycles. The molecule has 1 N–H and O–H groups in total. The number of pyridine rings is 1. The van der Waals surface area contributed by atoms with Crippen LogP contribution in [-0.4, -0.2) is 42.6 Å². The van der Waals surface area contributed by atoms with E-state index in [1.807, 2.05) is 12.4 Å². The van der Waals surface area contributed by atoms with Crippen molar-refractivity contribution in [1.82, 2.24) is 15.2 Å². The molecule has 5 rings (SSSR count). The number of anilines is 1. The number of nitrogens with zero attached hydrogens (tertiary/aromatic N) is 3. The van der Waals surface area contributed by atoms with E-state index in [0.29, 0.717) is 0 Å². The van der Waals surface area contributed by atoms with Crippen LogP contribution in [0, 0.1) is 0 Å². The predicted octanol–water partition coefficient (Wildman–Crippen LogP) is 4.72. The lowest BCUT2D eigenvalue weighted by atomic mass is 9.95. The molecule has 1 saturated heterocycles. The number of likely N-dealkylation sites (tertiary alicyclic amines) is 1. The van der Waals surface area contributed by atoms with Gasteiger partial charge in [-0.1, -0.05) is 13.0 Å². The van der Waals surface area contributed by atoms with Gasteiger partial charge in [-0.2, -0.15) is 0 Å². The highest BCUT2D eigenvalue weighted by molar-refractivity contribution is 5.81. The van der Waals surface area contributed by atoms with Gasteiger partial charge in [0.2, 0.25) is 0 Å². The van der Waals surface area contributed by atoms with Crippen LogP contribution in [0.1, 0.15) is 47.9 Å². The van der Waals surface area contributed by atoms with Gasteiger partial charge in [0.15, 0.2) is 0 Å². The lowest BCUT2D eigenvalue weighted by Crippen LogP contribution is -2.39. The Kier molecular flexibility index (Phi) is 6.54. The molecule has 0 radical (unpaired) electrons. The monoisotopic (exact) mass is 426 g/mol. The molecule has 0 bridgehead atoms. The van der Waals surface area contributed by atoms with E-state index in [0.717, 1.165) is 31.9 Å². The lowest BCUT2D eigenvalue weighted by Gasteiger charge is -2.36. The highest BCUT2D eigenvalue weighted by Gasteiger charge is 2.26. The first-order valence-electron chi connectivity index (χ1n) is 12.2. The fourth-order valence-electron chi connectivity index (χ4n) is 5.37. The second-order valence-electron chi connectivity index (χ2n) is 9.24. The second kappa shape index (κ2) is 9.87. The van der Waals surface area contributed by atoms with Gasteiger partial charge in [0, 0.05) is 44.3 Å². The summed E-state index contributed by atoms with van der Waals surface area (Å²) < 4.78 is 0. The molecule has 4 heteroatoms. The van der Waals surface area contributed by atoms with Crippen LogP contribution in [-0.2, 0) is 19.4 Å². The third kappa shape index (κ3) is 4.59.